The lowest BCUT2D eigenvalue weighted by Crippen LogP contribution is -2.30. The van der Waals surface area contributed by atoms with Crippen molar-refractivity contribution in [3.05, 3.63) is 0 Å². The summed E-state index contributed by atoms with van der Waals surface area (Å²) in [6, 6.07) is 0. The van der Waals surface area contributed by atoms with Gasteiger partial charge in [0, 0.05) is 25.7 Å². The van der Waals surface area contributed by atoms with Crippen LogP contribution < -0.4 is 0 Å². The molecule has 19 heteroatoms. The van der Waals surface area contributed by atoms with Crippen LogP contribution in [0.15, 0.2) is 0 Å². The largest absolute Gasteiger partial charge is 0.472 e. The zero-order valence-electron chi connectivity index (χ0n) is 58.1. The van der Waals surface area contributed by atoms with Gasteiger partial charge in [-0.1, -0.05) is 293 Å². The lowest BCUT2D eigenvalue weighted by Gasteiger charge is -2.21. The summed E-state index contributed by atoms with van der Waals surface area (Å²) in [6.45, 7) is 14.1. The van der Waals surface area contributed by atoms with Crippen molar-refractivity contribution in [2.75, 3.05) is 39.6 Å². The third-order valence-corrected chi connectivity index (χ3v) is 18.7. The maximum absolute atomic E-state index is 13.0. The molecule has 0 aromatic rings. The molecule has 0 aliphatic carbocycles. The van der Waals surface area contributed by atoms with E-state index in [-0.39, 0.29) is 25.7 Å². The van der Waals surface area contributed by atoms with Gasteiger partial charge in [-0.25, -0.2) is 9.13 Å². The van der Waals surface area contributed by atoms with E-state index in [9.17, 15) is 43.2 Å². The topological polar surface area (TPSA) is 237 Å². The first-order valence-corrected chi connectivity index (χ1v) is 39.3. The van der Waals surface area contributed by atoms with E-state index >= 15 is 0 Å². The second kappa shape index (κ2) is 59.8. The minimum absolute atomic E-state index is 0.103. The van der Waals surface area contributed by atoms with Crippen molar-refractivity contribution in [3.63, 3.8) is 0 Å². The number of ether oxygens (including phenoxy) is 4. The Labute approximate surface area is 543 Å². The summed E-state index contributed by atoms with van der Waals surface area (Å²) >= 11 is 0. The Balaban J connectivity index is 5.22. The van der Waals surface area contributed by atoms with Gasteiger partial charge >= 0.3 is 39.5 Å². The van der Waals surface area contributed by atoms with Crippen molar-refractivity contribution >= 4 is 39.5 Å². The molecule has 0 spiro atoms. The second-order valence-corrected chi connectivity index (χ2v) is 29.6. The number of carbonyl (C=O) groups excluding carboxylic acids is 4. The molecule has 3 N–H and O–H groups in total. The Morgan fingerprint density at radius 2 is 0.539 bits per heavy atom. The van der Waals surface area contributed by atoms with Gasteiger partial charge in [0.15, 0.2) is 12.2 Å². The van der Waals surface area contributed by atoms with Crippen LogP contribution >= 0.6 is 15.6 Å². The molecule has 17 nitrogen and oxygen atoms in total. The van der Waals surface area contributed by atoms with Crippen LogP contribution in [0.3, 0.4) is 0 Å². The molecule has 7 atom stereocenters. The van der Waals surface area contributed by atoms with Gasteiger partial charge in [0.1, 0.15) is 19.3 Å². The SMILES string of the molecule is CCC(C)CCCCCCCCC(=O)OC[C@H](COP(=O)(O)OC[C@@H](O)COP(=O)(O)OC[C@@H](COC(=O)CCCCCCCCC(C)CC)OC(=O)CCCCCCCCCCC(C)C)OC(=O)CCCCCCCCCCCCCCCCCC(C)C. The molecule has 0 aliphatic heterocycles. The van der Waals surface area contributed by atoms with Crippen molar-refractivity contribution in [1.82, 2.24) is 0 Å². The summed E-state index contributed by atoms with van der Waals surface area (Å²) in [5.74, 6) is 0.849. The lowest BCUT2D eigenvalue weighted by molar-refractivity contribution is -0.161. The summed E-state index contributed by atoms with van der Waals surface area (Å²) in [5.41, 5.74) is 0. The predicted molar refractivity (Wildman–Crippen MR) is 358 cm³/mol. The fourth-order valence-electron chi connectivity index (χ4n) is 10.4. The molecule has 0 aliphatic rings. The fourth-order valence-corrected chi connectivity index (χ4v) is 12.0. The average molecular weight is 1310 g/mol. The third-order valence-electron chi connectivity index (χ3n) is 16.8. The number of rotatable bonds is 67. The summed E-state index contributed by atoms with van der Waals surface area (Å²) in [5, 5.41) is 10.6. The smallest absolute Gasteiger partial charge is 0.462 e. The highest BCUT2D eigenvalue weighted by molar-refractivity contribution is 7.47. The summed E-state index contributed by atoms with van der Waals surface area (Å²) in [7, 11) is -9.90. The standard InChI is InChI=1S/C70H136O17P2/c1-9-62(7)48-40-32-26-28-34-42-50-67(72)80-56-65(86-69(74)52-44-36-24-19-17-15-13-11-12-14-16-18-22-30-38-46-60(3)4)58-84-88(76,77)82-54-64(71)55-83-89(78,79)85-59-66(57-81-68(73)51-43-35-29-27-33-41-49-63(8)10-2)87-70(75)53-45-37-25-21-20-23-31-39-47-61(5)6/h60-66,71H,9-59H2,1-8H3,(H,76,77)(H,78,79)/t62?,63?,64-,65-,66-/m1/s1. The van der Waals surface area contributed by atoms with Crippen molar-refractivity contribution in [2.24, 2.45) is 23.7 Å². The molecule has 0 aromatic carbocycles. The highest BCUT2D eigenvalue weighted by Gasteiger charge is 2.30. The average Bonchev–Trinajstić information content (AvgIpc) is 3.71. The second-order valence-electron chi connectivity index (χ2n) is 26.7. The monoisotopic (exact) mass is 1310 g/mol. The molecule has 89 heavy (non-hydrogen) atoms. The minimum atomic E-state index is -4.95. The van der Waals surface area contributed by atoms with Crippen LogP contribution in [0.2, 0.25) is 0 Å². The van der Waals surface area contributed by atoms with Crippen LogP contribution in [0.4, 0.5) is 0 Å². The van der Waals surface area contributed by atoms with E-state index in [1.165, 1.54) is 135 Å². The fraction of sp³-hybridized carbons (Fsp3) is 0.943. The number of esters is 4. The number of aliphatic hydroxyl groups is 1. The van der Waals surface area contributed by atoms with Gasteiger partial charge in [-0.3, -0.25) is 37.3 Å². The maximum atomic E-state index is 13.0. The zero-order chi connectivity index (χ0) is 66.1. The van der Waals surface area contributed by atoms with E-state index in [2.05, 4.69) is 55.4 Å². The third kappa shape index (κ3) is 62.0. The Bertz CT molecular complexity index is 1770. The highest BCUT2D eigenvalue weighted by atomic mass is 31.2. The first-order chi connectivity index (χ1) is 42.7. The van der Waals surface area contributed by atoms with Gasteiger partial charge in [-0.2, -0.15) is 0 Å². The molecule has 0 fully saturated rings. The number of hydrogen-bond donors (Lipinski definition) is 3. The van der Waals surface area contributed by atoms with E-state index in [1.807, 2.05) is 0 Å². The van der Waals surface area contributed by atoms with Gasteiger partial charge < -0.3 is 33.8 Å². The van der Waals surface area contributed by atoms with E-state index in [4.69, 9.17) is 37.0 Å². The summed E-state index contributed by atoms with van der Waals surface area (Å²) in [6.07, 6.45) is 41.8. The van der Waals surface area contributed by atoms with Crippen molar-refractivity contribution < 1.29 is 80.2 Å². The Hall–Kier alpha value is -1.94. The Kier molecular flexibility index (Phi) is 58.5. The first-order valence-electron chi connectivity index (χ1n) is 36.3. The van der Waals surface area contributed by atoms with E-state index < -0.39 is 97.5 Å². The molecule has 0 rings (SSSR count). The van der Waals surface area contributed by atoms with E-state index in [0.29, 0.717) is 25.7 Å². The van der Waals surface area contributed by atoms with Crippen LogP contribution in [0, 0.1) is 23.7 Å². The molecule has 0 heterocycles. The van der Waals surface area contributed by atoms with Crippen LogP contribution in [0.25, 0.3) is 0 Å². The number of phosphoric acid groups is 2. The Morgan fingerprint density at radius 1 is 0.315 bits per heavy atom. The van der Waals surface area contributed by atoms with Gasteiger partial charge in [0.25, 0.3) is 0 Å². The summed E-state index contributed by atoms with van der Waals surface area (Å²) < 4.78 is 68.2. The molecule has 0 amide bonds. The number of unbranched alkanes of at least 4 members (excludes halogenated alkanes) is 31. The molecule has 0 saturated carbocycles. The highest BCUT2D eigenvalue weighted by Crippen LogP contribution is 2.45. The number of carbonyl (C=O) groups is 4. The molecular formula is C70H136O17P2. The van der Waals surface area contributed by atoms with Crippen molar-refractivity contribution in [1.29, 1.82) is 0 Å². The van der Waals surface area contributed by atoms with Crippen molar-refractivity contribution in [2.45, 2.75) is 363 Å². The molecule has 0 aromatic heterocycles. The number of phosphoric ester groups is 2. The predicted octanol–water partition coefficient (Wildman–Crippen LogP) is 19.7. The van der Waals surface area contributed by atoms with Gasteiger partial charge in [0.05, 0.1) is 26.4 Å². The zero-order valence-corrected chi connectivity index (χ0v) is 59.8. The van der Waals surface area contributed by atoms with Crippen LogP contribution in [-0.4, -0.2) is 96.7 Å². The Morgan fingerprint density at radius 3 is 0.798 bits per heavy atom. The maximum Gasteiger partial charge on any atom is 0.472 e. The lowest BCUT2D eigenvalue weighted by atomic mass is 10.00. The minimum Gasteiger partial charge on any atom is -0.462 e. The van der Waals surface area contributed by atoms with Crippen LogP contribution in [-0.2, 0) is 65.4 Å². The number of hydrogen-bond acceptors (Lipinski definition) is 15. The van der Waals surface area contributed by atoms with Crippen LogP contribution in [0.5, 0.6) is 0 Å². The molecule has 0 radical (unpaired) electrons. The normalized spacial score (nSPS) is 14.9. The molecule has 0 bridgehead atoms. The molecule has 4 unspecified atom stereocenters. The molecule has 0 saturated heterocycles. The molecular weight excluding hydrogens is 1170 g/mol. The summed E-state index contributed by atoms with van der Waals surface area (Å²) in [4.78, 5) is 72.5. The number of aliphatic hydroxyl groups excluding tert-OH is 1. The van der Waals surface area contributed by atoms with Crippen molar-refractivity contribution in [3.8, 4) is 0 Å². The molecule has 528 valence electrons. The quantitative estimate of drug-likeness (QED) is 0.0222. The van der Waals surface area contributed by atoms with Gasteiger partial charge in [0.2, 0.25) is 0 Å². The van der Waals surface area contributed by atoms with E-state index in [1.54, 1.807) is 0 Å². The first kappa shape index (κ1) is 87.1. The van der Waals surface area contributed by atoms with E-state index in [0.717, 1.165) is 126 Å². The van der Waals surface area contributed by atoms with Gasteiger partial charge in [-0.05, 0) is 49.4 Å². The van der Waals surface area contributed by atoms with Crippen LogP contribution in [0.1, 0.15) is 344 Å². The van der Waals surface area contributed by atoms with Gasteiger partial charge in [-0.15, -0.1) is 0 Å².